The molecule has 3 aromatic carbocycles. The summed E-state index contributed by atoms with van der Waals surface area (Å²) in [6.07, 6.45) is 0.671. The lowest BCUT2D eigenvalue weighted by Crippen LogP contribution is -2.54. The van der Waals surface area contributed by atoms with Crippen molar-refractivity contribution in [2.24, 2.45) is 5.92 Å². The average Bonchev–Trinajstić information content (AvgIpc) is 2.77. The Kier molecular flexibility index (Phi) is 6.98. The van der Waals surface area contributed by atoms with E-state index in [9.17, 15) is 13.5 Å². The molecule has 2 atom stereocenters. The van der Waals surface area contributed by atoms with Crippen LogP contribution in [0.5, 0.6) is 0 Å². The topological polar surface area (TPSA) is 66.4 Å². The van der Waals surface area contributed by atoms with Gasteiger partial charge in [0.2, 0.25) is 10.0 Å². The van der Waals surface area contributed by atoms with Crippen LogP contribution in [-0.4, -0.2) is 19.6 Å². The highest BCUT2D eigenvalue weighted by molar-refractivity contribution is 7.89. The van der Waals surface area contributed by atoms with Crippen LogP contribution in [0, 0.1) is 5.92 Å². The summed E-state index contributed by atoms with van der Waals surface area (Å²) in [5.74, 6) is -0.163. The number of aliphatic hydroxyl groups is 1. The number of halogens is 1. The van der Waals surface area contributed by atoms with Crippen LogP contribution < -0.4 is 4.72 Å². The summed E-state index contributed by atoms with van der Waals surface area (Å²) in [5, 5.41) is 12.5. The first-order valence-corrected chi connectivity index (χ1v) is 11.8. The van der Waals surface area contributed by atoms with Crippen LogP contribution in [0.4, 0.5) is 0 Å². The van der Waals surface area contributed by atoms with Gasteiger partial charge in [-0.3, -0.25) is 0 Å². The Labute approximate surface area is 183 Å². The standard InChI is InChI=1S/C24H26ClNO3S/c1-3-18(2)23(26-30(28,29)22-16-10-15-21(25)17-22)24(27,19-11-6-4-7-12-19)20-13-8-5-9-14-20/h4-18,23,26-27H,3H2,1-2H3/t18-,23-/m0/s1. The maximum atomic E-state index is 13.2. The summed E-state index contributed by atoms with van der Waals surface area (Å²) in [7, 11) is -3.93. The molecule has 0 unspecified atom stereocenters. The zero-order chi connectivity index (χ0) is 21.8. The minimum atomic E-state index is -3.93. The van der Waals surface area contributed by atoms with E-state index in [1.807, 2.05) is 74.5 Å². The fourth-order valence-corrected chi connectivity index (χ4v) is 5.30. The molecule has 4 nitrogen and oxygen atoms in total. The highest BCUT2D eigenvalue weighted by Crippen LogP contribution is 2.37. The van der Waals surface area contributed by atoms with Crippen LogP contribution in [-0.2, 0) is 15.6 Å². The van der Waals surface area contributed by atoms with E-state index in [4.69, 9.17) is 11.6 Å². The van der Waals surface area contributed by atoms with Crippen molar-refractivity contribution in [3.8, 4) is 0 Å². The first-order valence-electron chi connectivity index (χ1n) is 9.90. The molecule has 0 radical (unpaired) electrons. The van der Waals surface area contributed by atoms with Crippen molar-refractivity contribution in [2.75, 3.05) is 0 Å². The molecule has 158 valence electrons. The lowest BCUT2D eigenvalue weighted by atomic mass is 9.75. The SMILES string of the molecule is CC[C@H](C)[C@H](NS(=O)(=O)c1cccc(Cl)c1)C(O)(c1ccccc1)c1ccccc1. The lowest BCUT2D eigenvalue weighted by Gasteiger charge is -2.40. The molecular formula is C24H26ClNO3S. The van der Waals surface area contributed by atoms with Gasteiger partial charge in [-0.2, -0.15) is 0 Å². The summed E-state index contributed by atoms with van der Waals surface area (Å²) in [6.45, 7) is 3.91. The molecule has 3 rings (SSSR count). The molecule has 0 aliphatic heterocycles. The van der Waals surface area contributed by atoms with Crippen molar-refractivity contribution < 1.29 is 13.5 Å². The van der Waals surface area contributed by atoms with Gasteiger partial charge >= 0.3 is 0 Å². The number of rotatable bonds is 8. The van der Waals surface area contributed by atoms with E-state index in [1.165, 1.54) is 12.1 Å². The third-order valence-corrected chi connectivity index (χ3v) is 7.15. The van der Waals surface area contributed by atoms with Crippen LogP contribution in [0.15, 0.2) is 89.8 Å². The molecule has 0 saturated carbocycles. The van der Waals surface area contributed by atoms with Gasteiger partial charge in [0.25, 0.3) is 0 Å². The first-order chi connectivity index (χ1) is 14.3. The van der Waals surface area contributed by atoms with Gasteiger partial charge in [-0.05, 0) is 35.2 Å². The molecular weight excluding hydrogens is 418 g/mol. The molecule has 0 spiro atoms. The molecule has 6 heteroatoms. The van der Waals surface area contributed by atoms with Crippen molar-refractivity contribution >= 4 is 21.6 Å². The highest BCUT2D eigenvalue weighted by Gasteiger charge is 2.44. The number of hydrogen-bond acceptors (Lipinski definition) is 3. The molecule has 2 N–H and O–H groups in total. The molecule has 0 aromatic heterocycles. The van der Waals surface area contributed by atoms with Crippen LogP contribution >= 0.6 is 11.6 Å². The third-order valence-electron chi connectivity index (χ3n) is 5.48. The maximum absolute atomic E-state index is 13.2. The lowest BCUT2D eigenvalue weighted by molar-refractivity contribution is 0.0247. The highest BCUT2D eigenvalue weighted by atomic mass is 35.5. The summed E-state index contributed by atoms with van der Waals surface area (Å²) in [4.78, 5) is 0.0618. The normalized spacial score (nSPS) is 14.3. The smallest absolute Gasteiger partial charge is 0.241 e. The van der Waals surface area contributed by atoms with Gasteiger partial charge in [-0.1, -0.05) is 98.6 Å². The van der Waals surface area contributed by atoms with E-state index in [-0.39, 0.29) is 10.8 Å². The fourth-order valence-electron chi connectivity index (χ4n) is 3.63. The Morgan fingerprint density at radius 3 is 1.93 bits per heavy atom. The van der Waals surface area contributed by atoms with Crippen molar-refractivity contribution in [3.05, 3.63) is 101 Å². The van der Waals surface area contributed by atoms with Crippen molar-refractivity contribution in [3.63, 3.8) is 0 Å². The number of hydrogen-bond donors (Lipinski definition) is 2. The minimum Gasteiger partial charge on any atom is -0.379 e. The number of nitrogens with one attached hydrogen (secondary N) is 1. The van der Waals surface area contributed by atoms with Crippen LogP contribution in [0.3, 0.4) is 0 Å². The zero-order valence-electron chi connectivity index (χ0n) is 17.0. The maximum Gasteiger partial charge on any atom is 0.241 e. The second-order valence-electron chi connectivity index (χ2n) is 7.44. The molecule has 0 amide bonds. The van der Waals surface area contributed by atoms with Crippen molar-refractivity contribution in [1.29, 1.82) is 0 Å². The second-order valence-corrected chi connectivity index (χ2v) is 9.59. The second kappa shape index (κ2) is 9.31. The number of benzene rings is 3. The summed E-state index contributed by atoms with van der Waals surface area (Å²) < 4.78 is 29.3. The van der Waals surface area contributed by atoms with Crippen LogP contribution in [0.25, 0.3) is 0 Å². The minimum absolute atomic E-state index is 0.0618. The molecule has 0 heterocycles. The van der Waals surface area contributed by atoms with Gasteiger partial charge in [-0.15, -0.1) is 0 Å². The van der Waals surface area contributed by atoms with E-state index in [0.717, 1.165) is 0 Å². The predicted octanol–water partition coefficient (Wildman–Crippen LogP) is 4.97. The van der Waals surface area contributed by atoms with Crippen molar-refractivity contribution in [2.45, 2.75) is 36.8 Å². The Balaban J connectivity index is 2.16. The zero-order valence-corrected chi connectivity index (χ0v) is 18.6. The Morgan fingerprint density at radius 2 is 1.47 bits per heavy atom. The van der Waals surface area contributed by atoms with Gasteiger partial charge in [-0.25, -0.2) is 13.1 Å². The quantitative estimate of drug-likeness (QED) is 0.516. The van der Waals surface area contributed by atoms with E-state index >= 15 is 0 Å². The predicted molar refractivity (Wildman–Crippen MR) is 121 cm³/mol. The van der Waals surface area contributed by atoms with Crippen molar-refractivity contribution in [1.82, 2.24) is 4.72 Å². The van der Waals surface area contributed by atoms with Gasteiger partial charge in [0, 0.05) is 5.02 Å². The number of sulfonamides is 1. The van der Waals surface area contributed by atoms with Gasteiger partial charge in [0.15, 0.2) is 0 Å². The van der Waals surface area contributed by atoms with Gasteiger partial charge in [0.1, 0.15) is 5.60 Å². The molecule has 0 aliphatic rings. The van der Waals surface area contributed by atoms with Crippen LogP contribution in [0.2, 0.25) is 5.02 Å². The molecule has 3 aromatic rings. The Hall–Kier alpha value is -2.18. The molecule has 0 bridgehead atoms. The largest absolute Gasteiger partial charge is 0.379 e. The molecule has 30 heavy (non-hydrogen) atoms. The van der Waals surface area contributed by atoms with E-state index in [2.05, 4.69) is 4.72 Å². The van der Waals surface area contributed by atoms with E-state index in [0.29, 0.717) is 22.6 Å². The van der Waals surface area contributed by atoms with Crippen LogP contribution in [0.1, 0.15) is 31.4 Å². The summed E-state index contributed by atoms with van der Waals surface area (Å²) in [6, 6.07) is 23.6. The Bertz CT molecular complexity index is 1030. The van der Waals surface area contributed by atoms with E-state index in [1.54, 1.807) is 12.1 Å². The molecule has 0 fully saturated rings. The average molecular weight is 444 g/mol. The fraction of sp³-hybridized carbons (Fsp3) is 0.250. The summed E-state index contributed by atoms with van der Waals surface area (Å²) >= 11 is 6.02. The molecule has 0 saturated heterocycles. The third kappa shape index (κ3) is 4.60. The van der Waals surface area contributed by atoms with Gasteiger partial charge in [0.05, 0.1) is 10.9 Å². The summed E-state index contributed by atoms with van der Waals surface area (Å²) in [5.41, 5.74) is -0.325. The molecule has 0 aliphatic carbocycles. The van der Waals surface area contributed by atoms with Gasteiger partial charge < -0.3 is 5.11 Å². The monoisotopic (exact) mass is 443 g/mol. The Morgan fingerprint density at radius 1 is 0.933 bits per heavy atom. The first kappa shape index (κ1) is 22.5. The van der Waals surface area contributed by atoms with E-state index < -0.39 is 21.7 Å².